The van der Waals surface area contributed by atoms with Gasteiger partial charge in [-0.25, -0.2) is 0 Å². The zero-order valence-electron chi connectivity index (χ0n) is 15.6. The molecule has 2 aromatic heterocycles. The standard InChI is InChI=1S/C19H26N4O2/c1-11-8-12(2)21-17(24)14(11)10-20-18(25)15-9-16(13-6-7-13)23(22-15)19(3,4)5/h8-9,13H,6-7,10H2,1-5H3,(H,20,25)(H,21,24). The van der Waals surface area contributed by atoms with Crippen molar-refractivity contribution in [2.75, 3.05) is 0 Å². The van der Waals surface area contributed by atoms with Gasteiger partial charge in [-0.05, 0) is 65.2 Å². The van der Waals surface area contributed by atoms with Crippen molar-refractivity contribution >= 4 is 5.91 Å². The lowest BCUT2D eigenvalue weighted by molar-refractivity contribution is 0.0944. The van der Waals surface area contributed by atoms with Crippen molar-refractivity contribution in [3.05, 3.63) is 50.7 Å². The van der Waals surface area contributed by atoms with E-state index in [1.165, 1.54) is 0 Å². The van der Waals surface area contributed by atoms with Crippen LogP contribution in [0.1, 0.15) is 72.5 Å². The Balaban J connectivity index is 1.79. The lowest BCUT2D eigenvalue weighted by Crippen LogP contribution is -2.29. The summed E-state index contributed by atoms with van der Waals surface area (Å²) in [7, 11) is 0. The Bertz CT molecular complexity index is 867. The molecular weight excluding hydrogens is 316 g/mol. The largest absolute Gasteiger partial charge is 0.346 e. The predicted octanol–water partition coefficient (Wildman–Crippen LogP) is 2.75. The Morgan fingerprint density at radius 2 is 2.00 bits per heavy atom. The summed E-state index contributed by atoms with van der Waals surface area (Å²) in [6, 6.07) is 3.80. The van der Waals surface area contributed by atoms with E-state index in [9.17, 15) is 9.59 Å². The molecule has 3 rings (SSSR count). The van der Waals surface area contributed by atoms with Crippen LogP contribution in [0.15, 0.2) is 16.9 Å². The summed E-state index contributed by atoms with van der Waals surface area (Å²) < 4.78 is 1.96. The van der Waals surface area contributed by atoms with Crippen LogP contribution in [0.25, 0.3) is 0 Å². The summed E-state index contributed by atoms with van der Waals surface area (Å²) in [6.07, 6.45) is 2.31. The molecule has 0 bridgehead atoms. The Kier molecular flexibility index (Phi) is 4.31. The fraction of sp³-hybridized carbons (Fsp3) is 0.526. The molecule has 0 unspecified atom stereocenters. The number of nitrogens with one attached hydrogen (secondary N) is 2. The molecule has 2 N–H and O–H groups in total. The molecular formula is C19H26N4O2. The normalized spacial score (nSPS) is 14.6. The molecule has 0 spiro atoms. The lowest BCUT2D eigenvalue weighted by Gasteiger charge is -2.22. The van der Waals surface area contributed by atoms with Gasteiger partial charge in [0, 0.05) is 29.4 Å². The fourth-order valence-electron chi connectivity index (χ4n) is 3.07. The van der Waals surface area contributed by atoms with Gasteiger partial charge in [-0.1, -0.05) is 0 Å². The van der Waals surface area contributed by atoms with Gasteiger partial charge in [-0.2, -0.15) is 5.10 Å². The number of carbonyl (C=O) groups excluding carboxylic acids is 1. The third kappa shape index (κ3) is 3.67. The highest BCUT2D eigenvalue weighted by atomic mass is 16.2. The van der Waals surface area contributed by atoms with Crippen LogP contribution in [0.3, 0.4) is 0 Å². The van der Waals surface area contributed by atoms with Gasteiger partial charge >= 0.3 is 0 Å². The van der Waals surface area contributed by atoms with Crippen molar-refractivity contribution in [1.29, 1.82) is 0 Å². The van der Waals surface area contributed by atoms with Gasteiger partial charge in [0.2, 0.25) is 0 Å². The fourth-order valence-corrected chi connectivity index (χ4v) is 3.07. The molecule has 134 valence electrons. The highest BCUT2D eigenvalue weighted by molar-refractivity contribution is 5.92. The van der Waals surface area contributed by atoms with E-state index in [4.69, 9.17) is 0 Å². The van der Waals surface area contributed by atoms with Crippen molar-refractivity contribution in [2.24, 2.45) is 0 Å². The molecule has 2 heterocycles. The second kappa shape index (κ2) is 6.17. The van der Waals surface area contributed by atoms with Crippen LogP contribution in [-0.2, 0) is 12.1 Å². The molecule has 25 heavy (non-hydrogen) atoms. The topological polar surface area (TPSA) is 79.8 Å². The molecule has 0 aliphatic heterocycles. The summed E-state index contributed by atoms with van der Waals surface area (Å²) in [6.45, 7) is 10.2. The first-order valence-corrected chi connectivity index (χ1v) is 8.75. The van der Waals surface area contributed by atoms with Gasteiger partial charge in [0.25, 0.3) is 11.5 Å². The Morgan fingerprint density at radius 1 is 1.32 bits per heavy atom. The minimum atomic E-state index is -0.246. The van der Waals surface area contributed by atoms with E-state index in [0.29, 0.717) is 17.2 Å². The number of aromatic amines is 1. The Morgan fingerprint density at radius 3 is 2.56 bits per heavy atom. The average Bonchev–Trinajstić information content (AvgIpc) is 3.22. The van der Waals surface area contributed by atoms with Crippen LogP contribution in [0.2, 0.25) is 0 Å². The highest BCUT2D eigenvalue weighted by Crippen LogP contribution is 2.41. The smallest absolute Gasteiger partial charge is 0.272 e. The van der Waals surface area contributed by atoms with E-state index in [1.54, 1.807) is 0 Å². The molecule has 1 saturated carbocycles. The van der Waals surface area contributed by atoms with Crippen molar-refractivity contribution in [2.45, 2.75) is 65.5 Å². The maximum Gasteiger partial charge on any atom is 0.272 e. The minimum Gasteiger partial charge on any atom is -0.346 e. The van der Waals surface area contributed by atoms with Crippen LogP contribution >= 0.6 is 0 Å². The molecule has 1 aliphatic carbocycles. The zero-order valence-corrected chi connectivity index (χ0v) is 15.6. The van der Waals surface area contributed by atoms with Gasteiger partial charge < -0.3 is 10.3 Å². The number of H-pyrrole nitrogens is 1. The van der Waals surface area contributed by atoms with Crippen LogP contribution in [-0.4, -0.2) is 20.7 Å². The number of pyridine rings is 1. The number of hydrogen-bond donors (Lipinski definition) is 2. The van der Waals surface area contributed by atoms with E-state index in [-0.39, 0.29) is 23.6 Å². The van der Waals surface area contributed by atoms with Gasteiger partial charge in [0.1, 0.15) is 5.69 Å². The quantitative estimate of drug-likeness (QED) is 0.896. The molecule has 0 atom stereocenters. The Labute approximate surface area is 147 Å². The lowest BCUT2D eigenvalue weighted by atomic mass is 10.1. The molecule has 6 heteroatoms. The maximum absolute atomic E-state index is 12.5. The zero-order chi connectivity index (χ0) is 18.4. The monoisotopic (exact) mass is 342 g/mol. The molecule has 2 aromatic rings. The molecule has 0 aromatic carbocycles. The van der Waals surface area contributed by atoms with E-state index < -0.39 is 0 Å². The molecule has 6 nitrogen and oxygen atoms in total. The number of amides is 1. The van der Waals surface area contributed by atoms with E-state index in [0.717, 1.165) is 29.8 Å². The van der Waals surface area contributed by atoms with Gasteiger partial charge in [-0.15, -0.1) is 0 Å². The molecule has 1 amide bonds. The number of nitrogens with zero attached hydrogens (tertiary/aromatic N) is 2. The summed E-state index contributed by atoms with van der Waals surface area (Å²) in [5.41, 5.74) is 3.49. The predicted molar refractivity (Wildman–Crippen MR) is 96.9 cm³/mol. The number of aryl methyl sites for hydroxylation is 2. The SMILES string of the molecule is Cc1cc(C)c(CNC(=O)c2cc(C3CC3)n(C(C)(C)C)n2)c(=O)[nH]1. The van der Waals surface area contributed by atoms with Crippen molar-refractivity contribution in [1.82, 2.24) is 20.1 Å². The second-order valence-electron chi connectivity index (χ2n) is 7.94. The molecule has 0 radical (unpaired) electrons. The maximum atomic E-state index is 12.5. The summed E-state index contributed by atoms with van der Waals surface area (Å²) in [5.74, 6) is 0.264. The first-order chi connectivity index (χ1) is 11.7. The van der Waals surface area contributed by atoms with Crippen LogP contribution in [0.5, 0.6) is 0 Å². The van der Waals surface area contributed by atoms with E-state index in [1.807, 2.05) is 30.7 Å². The summed E-state index contributed by atoms with van der Waals surface area (Å²) >= 11 is 0. The van der Waals surface area contributed by atoms with Crippen LogP contribution in [0, 0.1) is 13.8 Å². The third-order valence-electron chi connectivity index (χ3n) is 4.52. The second-order valence-corrected chi connectivity index (χ2v) is 7.94. The van der Waals surface area contributed by atoms with E-state index in [2.05, 4.69) is 36.2 Å². The van der Waals surface area contributed by atoms with Crippen LogP contribution in [0.4, 0.5) is 0 Å². The van der Waals surface area contributed by atoms with Gasteiger partial charge in [-0.3, -0.25) is 14.3 Å². The third-order valence-corrected chi connectivity index (χ3v) is 4.52. The summed E-state index contributed by atoms with van der Waals surface area (Å²) in [5, 5.41) is 7.37. The van der Waals surface area contributed by atoms with Gasteiger partial charge in [0.15, 0.2) is 0 Å². The first kappa shape index (κ1) is 17.5. The highest BCUT2D eigenvalue weighted by Gasteiger charge is 2.32. The molecule has 1 fully saturated rings. The van der Waals surface area contributed by atoms with Crippen molar-refractivity contribution in [3.8, 4) is 0 Å². The number of carbonyl (C=O) groups is 1. The number of rotatable bonds is 4. The van der Waals surface area contributed by atoms with Gasteiger partial charge in [0.05, 0.1) is 5.54 Å². The minimum absolute atomic E-state index is 0.156. The first-order valence-electron chi connectivity index (χ1n) is 8.75. The van der Waals surface area contributed by atoms with Crippen molar-refractivity contribution in [3.63, 3.8) is 0 Å². The average molecular weight is 342 g/mol. The van der Waals surface area contributed by atoms with E-state index >= 15 is 0 Å². The number of hydrogen-bond acceptors (Lipinski definition) is 3. The van der Waals surface area contributed by atoms with Crippen LogP contribution < -0.4 is 10.9 Å². The number of aromatic nitrogens is 3. The summed E-state index contributed by atoms with van der Waals surface area (Å²) in [4.78, 5) is 27.4. The molecule has 0 saturated heterocycles. The molecule has 1 aliphatic rings. The Hall–Kier alpha value is -2.37. The van der Waals surface area contributed by atoms with Crippen molar-refractivity contribution < 1.29 is 4.79 Å².